The van der Waals surface area contributed by atoms with Gasteiger partial charge in [-0.1, -0.05) is 0 Å². The van der Waals surface area contributed by atoms with Gasteiger partial charge >= 0.3 is 0 Å². The molecule has 22 heavy (non-hydrogen) atoms. The Labute approximate surface area is 134 Å². The van der Waals surface area contributed by atoms with E-state index in [1.54, 1.807) is 11.3 Å². The predicted octanol–water partition coefficient (Wildman–Crippen LogP) is 2.23. The number of hydrogen-bond donors (Lipinski definition) is 0. The van der Waals surface area contributed by atoms with Crippen LogP contribution in [-0.2, 0) is 25.8 Å². The third-order valence-corrected chi connectivity index (χ3v) is 5.86. The van der Waals surface area contributed by atoms with E-state index in [2.05, 4.69) is 20.1 Å². The van der Waals surface area contributed by atoms with E-state index in [1.807, 2.05) is 11.8 Å². The monoisotopic (exact) mass is 316 g/mol. The van der Waals surface area contributed by atoms with Gasteiger partial charge in [0.25, 0.3) is 5.91 Å². The van der Waals surface area contributed by atoms with Crippen LogP contribution in [0.4, 0.5) is 0 Å². The van der Waals surface area contributed by atoms with Gasteiger partial charge in [-0.3, -0.25) is 4.79 Å². The third-order valence-electron chi connectivity index (χ3n) is 4.80. The molecule has 6 heteroatoms. The standard InChI is InChI=1S/C16H20N4OS/c1-11-17-18-14-6-7-19(8-9-20(11)14)16(21)15-13-5-3-2-4-12(13)10-22-15/h10H,2-9H2,1H3. The van der Waals surface area contributed by atoms with Gasteiger partial charge in [-0.2, -0.15) is 0 Å². The lowest BCUT2D eigenvalue weighted by atomic mass is 9.93. The van der Waals surface area contributed by atoms with Crippen LogP contribution >= 0.6 is 11.3 Å². The Morgan fingerprint density at radius 2 is 2.00 bits per heavy atom. The minimum Gasteiger partial charge on any atom is -0.336 e. The minimum absolute atomic E-state index is 0.213. The van der Waals surface area contributed by atoms with E-state index in [0.717, 1.165) is 55.4 Å². The molecule has 4 rings (SSSR count). The highest BCUT2D eigenvalue weighted by Gasteiger charge is 2.26. The molecule has 2 aliphatic rings. The summed E-state index contributed by atoms with van der Waals surface area (Å²) in [6.07, 6.45) is 5.47. The van der Waals surface area contributed by atoms with Gasteiger partial charge in [0.2, 0.25) is 0 Å². The van der Waals surface area contributed by atoms with Crippen LogP contribution in [0.15, 0.2) is 5.38 Å². The summed E-state index contributed by atoms with van der Waals surface area (Å²) < 4.78 is 2.14. The van der Waals surface area contributed by atoms with Gasteiger partial charge in [0, 0.05) is 26.1 Å². The normalized spacial score (nSPS) is 17.8. The van der Waals surface area contributed by atoms with Crippen molar-refractivity contribution in [3.63, 3.8) is 0 Å². The van der Waals surface area contributed by atoms with Gasteiger partial charge in [0.15, 0.2) is 0 Å². The fraction of sp³-hybridized carbons (Fsp3) is 0.562. The van der Waals surface area contributed by atoms with Crippen molar-refractivity contribution in [2.45, 2.75) is 45.6 Å². The van der Waals surface area contributed by atoms with Crippen LogP contribution in [0.2, 0.25) is 0 Å². The molecule has 0 spiro atoms. The van der Waals surface area contributed by atoms with Crippen molar-refractivity contribution in [1.82, 2.24) is 19.7 Å². The molecule has 5 nitrogen and oxygen atoms in total. The summed E-state index contributed by atoms with van der Waals surface area (Å²) in [6, 6.07) is 0. The van der Waals surface area contributed by atoms with E-state index in [9.17, 15) is 4.79 Å². The van der Waals surface area contributed by atoms with Gasteiger partial charge in [-0.05, 0) is 49.1 Å². The summed E-state index contributed by atoms with van der Waals surface area (Å²) >= 11 is 1.64. The van der Waals surface area contributed by atoms with Crippen molar-refractivity contribution in [3.8, 4) is 0 Å². The Kier molecular flexibility index (Phi) is 3.48. The maximum absolute atomic E-state index is 12.9. The molecule has 2 aromatic rings. The van der Waals surface area contributed by atoms with Crippen LogP contribution in [0.1, 0.15) is 45.3 Å². The molecular weight excluding hydrogens is 296 g/mol. The second kappa shape index (κ2) is 5.50. The topological polar surface area (TPSA) is 51.0 Å². The number of carbonyl (C=O) groups is 1. The molecule has 0 radical (unpaired) electrons. The summed E-state index contributed by atoms with van der Waals surface area (Å²) in [5, 5.41) is 10.5. The van der Waals surface area contributed by atoms with Crippen molar-refractivity contribution in [3.05, 3.63) is 33.0 Å². The van der Waals surface area contributed by atoms with Gasteiger partial charge in [-0.25, -0.2) is 0 Å². The van der Waals surface area contributed by atoms with E-state index >= 15 is 0 Å². The van der Waals surface area contributed by atoms with E-state index in [4.69, 9.17) is 0 Å². The molecule has 3 heterocycles. The molecule has 2 aromatic heterocycles. The number of thiophene rings is 1. The Hall–Kier alpha value is -1.69. The number of aryl methyl sites for hydroxylation is 2. The molecule has 0 aromatic carbocycles. The smallest absolute Gasteiger partial charge is 0.264 e. The lowest BCUT2D eigenvalue weighted by molar-refractivity contribution is 0.0762. The highest BCUT2D eigenvalue weighted by molar-refractivity contribution is 7.12. The molecule has 0 fully saturated rings. The summed E-state index contributed by atoms with van der Waals surface area (Å²) in [5.41, 5.74) is 2.73. The zero-order valence-electron chi connectivity index (χ0n) is 12.8. The van der Waals surface area contributed by atoms with E-state index in [-0.39, 0.29) is 5.91 Å². The van der Waals surface area contributed by atoms with E-state index in [0.29, 0.717) is 0 Å². The van der Waals surface area contributed by atoms with Crippen LogP contribution in [0, 0.1) is 6.92 Å². The van der Waals surface area contributed by atoms with Crippen molar-refractivity contribution in [2.75, 3.05) is 13.1 Å². The third kappa shape index (κ3) is 2.26. The molecule has 0 saturated heterocycles. The average molecular weight is 316 g/mol. The zero-order chi connectivity index (χ0) is 15.1. The number of fused-ring (bicyclic) bond motifs is 2. The Morgan fingerprint density at radius 1 is 1.14 bits per heavy atom. The van der Waals surface area contributed by atoms with Crippen LogP contribution in [0.3, 0.4) is 0 Å². The van der Waals surface area contributed by atoms with Gasteiger partial charge < -0.3 is 9.47 Å². The van der Waals surface area contributed by atoms with Crippen LogP contribution < -0.4 is 0 Å². The fourth-order valence-corrected chi connectivity index (χ4v) is 4.64. The Morgan fingerprint density at radius 3 is 2.91 bits per heavy atom. The SMILES string of the molecule is Cc1nnc2n1CCN(C(=O)c1scc3c1CCCC3)CC2. The first-order valence-electron chi connectivity index (χ1n) is 8.01. The van der Waals surface area contributed by atoms with Crippen molar-refractivity contribution < 1.29 is 4.79 Å². The van der Waals surface area contributed by atoms with Crippen molar-refractivity contribution in [2.24, 2.45) is 0 Å². The molecule has 0 N–H and O–H groups in total. The first-order chi connectivity index (χ1) is 10.7. The number of aromatic nitrogens is 3. The molecule has 0 bridgehead atoms. The maximum Gasteiger partial charge on any atom is 0.264 e. The number of hydrogen-bond acceptors (Lipinski definition) is 4. The van der Waals surface area contributed by atoms with Gasteiger partial charge in [0.1, 0.15) is 11.6 Å². The lowest BCUT2D eigenvalue weighted by Crippen LogP contribution is -2.34. The second-order valence-corrected chi connectivity index (χ2v) is 7.01. The van der Waals surface area contributed by atoms with E-state index < -0.39 is 0 Å². The highest BCUT2D eigenvalue weighted by Crippen LogP contribution is 2.31. The zero-order valence-corrected chi connectivity index (χ0v) is 13.7. The molecule has 0 unspecified atom stereocenters. The number of carbonyl (C=O) groups excluding carboxylic acids is 1. The minimum atomic E-state index is 0.213. The summed E-state index contributed by atoms with van der Waals surface area (Å²) in [5.74, 6) is 2.16. The van der Waals surface area contributed by atoms with Gasteiger partial charge in [-0.15, -0.1) is 21.5 Å². The molecular formula is C16H20N4OS. The molecule has 1 amide bonds. The van der Waals surface area contributed by atoms with Crippen LogP contribution in [0.25, 0.3) is 0 Å². The predicted molar refractivity (Wildman–Crippen MR) is 85.3 cm³/mol. The van der Waals surface area contributed by atoms with Gasteiger partial charge in [0.05, 0.1) is 4.88 Å². The number of rotatable bonds is 1. The molecule has 1 aliphatic heterocycles. The largest absolute Gasteiger partial charge is 0.336 e. The second-order valence-electron chi connectivity index (χ2n) is 6.13. The summed E-state index contributed by atoms with van der Waals surface area (Å²) in [7, 11) is 0. The summed E-state index contributed by atoms with van der Waals surface area (Å²) in [6.45, 7) is 4.26. The Balaban J connectivity index is 1.55. The molecule has 1 aliphatic carbocycles. The molecule has 0 saturated carbocycles. The fourth-order valence-electron chi connectivity index (χ4n) is 3.51. The molecule has 0 atom stereocenters. The maximum atomic E-state index is 12.9. The van der Waals surface area contributed by atoms with Crippen molar-refractivity contribution in [1.29, 1.82) is 0 Å². The van der Waals surface area contributed by atoms with Crippen LogP contribution in [0.5, 0.6) is 0 Å². The highest BCUT2D eigenvalue weighted by atomic mass is 32.1. The van der Waals surface area contributed by atoms with E-state index in [1.165, 1.54) is 24.0 Å². The first kappa shape index (κ1) is 13.9. The quantitative estimate of drug-likeness (QED) is 0.810. The summed E-state index contributed by atoms with van der Waals surface area (Å²) in [4.78, 5) is 15.9. The number of amides is 1. The van der Waals surface area contributed by atoms with Crippen LogP contribution in [-0.4, -0.2) is 38.7 Å². The Bertz CT molecular complexity index is 718. The first-order valence-corrected chi connectivity index (χ1v) is 8.89. The average Bonchev–Trinajstić information content (AvgIpc) is 3.04. The van der Waals surface area contributed by atoms with Crippen molar-refractivity contribution >= 4 is 17.2 Å². The number of nitrogens with zero attached hydrogens (tertiary/aromatic N) is 4. The molecule has 116 valence electrons. The lowest BCUT2D eigenvalue weighted by Gasteiger charge is -2.21.